The van der Waals surface area contributed by atoms with Crippen LogP contribution in [0.25, 0.3) is 0 Å². The highest BCUT2D eigenvalue weighted by molar-refractivity contribution is 5.21. The van der Waals surface area contributed by atoms with Crippen LogP contribution in [-0.4, -0.2) is 54.2 Å². The van der Waals surface area contributed by atoms with Crippen LogP contribution < -0.4 is 0 Å². The highest BCUT2D eigenvalue weighted by Crippen LogP contribution is 2.25. The van der Waals surface area contributed by atoms with Gasteiger partial charge in [-0.05, 0) is 24.8 Å². The third kappa shape index (κ3) is 4.74. The Morgan fingerprint density at radius 2 is 1.67 bits per heavy atom. The van der Waals surface area contributed by atoms with Crippen LogP contribution in [0.1, 0.15) is 43.8 Å². The zero-order chi connectivity index (χ0) is 16.9. The summed E-state index contributed by atoms with van der Waals surface area (Å²) in [6.45, 7) is 5.41. The fourth-order valence-electron chi connectivity index (χ4n) is 4.00. The minimum Gasteiger partial charge on any atom is -0.387 e. The van der Waals surface area contributed by atoms with Crippen LogP contribution in [0, 0.1) is 17.6 Å². The molecule has 134 valence electrons. The molecule has 1 aromatic rings. The largest absolute Gasteiger partial charge is 0.387 e. The number of benzene rings is 1. The molecule has 0 radical (unpaired) electrons. The van der Waals surface area contributed by atoms with E-state index in [1.54, 1.807) is 0 Å². The minimum absolute atomic E-state index is 0.182. The molecule has 0 amide bonds. The number of β-amino-alcohol motifs (C(OH)–C–C–N with tert-alkyl or cyclic N) is 1. The van der Waals surface area contributed by atoms with Gasteiger partial charge in [-0.2, -0.15) is 0 Å². The van der Waals surface area contributed by atoms with Crippen LogP contribution >= 0.6 is 0 Å². The number of rotatable bonds is 5. The normalized spacial score (nSPS) is 22.6. The monoisotopic (exact) mass is 338 g/mol. The van der Waals surface area contributed by atoms with E-state index >= 15 is 0 Å². The second kappa shape index (κ2) is 8.37. The Kier molecular flexibility index (Phi) is 6.19. The molecule has 1 aliphatic carbocycles. The van der Waals surface area contributed by atoms with E-state index in [-0.39, 0.29) is 5.56 Å². The Hall–Kier alpha value is -1.04. The first-order valence-electron chi connectivity index (χ1n) is 9.19. The molecule has 1 aromatic carbocycles. The van der Waals surface area contributed by atoms with E-state index < -0.39 is 17.7 Å². The summed E-state index contributed by atoms with van der Waals surface area (Å²) in [5, 5.41) is 10.3. The van der Waals surface area contributed by atoms with Crippen LogP contribution in [-0.2, 0) is 0 Å². The fraction of sp³-hybridized carbons (Fsp3) is 0.684. The van der Waals surface area contributed by atoms with E-state index in [0.717, 1.165) is 38.2 Å². The first-order chi connectivity index (χ1) is 11.6. The van der Waals surface area contributed by atoms with E-state index in [9.17, 15) is 13.9 Å². The minimum atomic E-state index is -0.907. The van der Waals surface area contributed by atoms with Crippen molar-refractivity contribution in [1.82, 2.24) is 9.80 Å². The van der Waals surface area contributed by atoms with Crippen molar-refractivity contribution < 1.29 is 13.9 Å². The number of halogens is 2. The molecule has 1 heterocycles. The van der Waals surface area contributed by atoms with Crippen molar-refractivity contribution in [3.05, 3.63) is 35.4 Å². The molecule has 1 saturated heterocycles. The van der Waals surface area contributed by atoms with Gasteiger partial charge in [0.05, 0.1) is 6.10 Å². The highest BCUT2D eigenvalue weighted by atomic mass is 19.1. The second-order valence-corrected chi connectivity index (χ2v) is 7.29. The molecule has 1 atom stereocenters. The summed E-state index contributed by atoms with van der Waals surface area (Å²) in [5.74, 6) is -0.428. The molecule has 1 aliphatic heterocycles. The summed E-state index contributed by atoms with van der Waals surface area (Å²) in [7, 11) is 0. The number of aliphatic hydroxyl groups excluding tert-OH is 1. The maximum Gasteiger partial charge on any atom is 0.131 e. The van der Waals surface area contributed by atoms with Gasteiger partial charge in [-0.3, -0.25) is 4.90 Å². The summed E-state index contributed by atoms with van der Waals surface area (Å²) < 4.78 is 26.7. The quantitative estimate of drug-likeness (QED) is 0.893. The SMILES string of the molecule is OC(CN1CCN(CC2CCCCC2)CC1)c1ccc(F)cc1F. The summed E-state index contributed by atoms with van der Waals surface area (Å²) in [4.78, 5) is 4.70. The molecule has 2 aliphatic rings. The molecule has 5 heteroatoms. The Bertz CT molecular complexity index is 526. The molecule has 0 spiro atoms. The van der Waals surface area contributed by atoms with Crippen LogP contribution in [0.3, 0.4) is 0 Å². The van der Waals surface area contributed by atoms with Crippen molar-refractivity contribution in [2.75, 3.05) is 39.3 Å². The van der Waals surface area contributed by atoms with Gasteiger partial charge in [-0.25, -0.2) is 8.78 Å². The fourth-order valence-corrected chi connectivity index (χ4v) is 4.00. The highest BCUT2D eigenvalue weighted by Gasteiger charge is 2.23. The van der Waals surface area contributed by atoms with Crippen LogP contribution in [0.4, 0.5) is 8.78 Å². The molecule has 1 unspecified atom stereocenters. The van der Waals surface area contributed by atoms with E-state index in [1.165, 1.54) is 50.8 Å². The lowest BCUT2D eigenvalue weighted by molar-refractivity contribution is 0.0628. The number of hydrogen-bond donors (Lipinski definition) is 1. The van der Waals surface area contributed by atoms with Crippen molar-refractivity contribution >= 4 is 0 Å². The third-order valence-corrected chi connectivity index (χ3v) is 5.46. The van der Waals surface area contributed by atoms with Gasteiger partial charge in [0.15, 0.2) is 0 Å². The van der Waals surface area contributed by atoms with Gasteiger partial charge in [0.2, 0.25) is 0 Å². The molecule has 24 heavy (non-hydrogen) atoms. The topological polar surface area (TPSA) is 26.7 Å². The van der Waals surface area contributed by atoms with Gasteiger partial charge in [0.25, 0.3) is 0 Å². The number of aliphatic hydroxyl groups is 1. The summed E-state index contributed by atoms with van der Waals surface area (Å²) in [6.07, 6.45) is 5.96. The Morgan fingerprint density at radius 1 is 1.00 bits per heavy atom. The second-order valence-electron chi connectivity index (χ2n) is 7.29. The van der Waals surface area contributed by atoms with Gasteiger partial charge >= 0.3 is 0 Å². The molecule has 1 saturated carbocycles. The molecule has 1 N–H and O–H groups in total. The van der Waals surface area contributed by atoms with Gasteiger partial charge in [-0.15, -0.1) is 0 Å². The maximum absolute atomic E-state index is 13.8. The van der Waals surface area contributed by atoms with E-state index in [1.807, 2.05) is 0 Å². The van der Waals surface area contributed by atoms with Crippen LogP contribution in [0.5, 0.6) is 0 Å². The van der Waals surface area contributed by atoms with Crippen molar-refractivity contribution in [3.8, 4) is 0 Å². The lowest BCUT2D eigenvalue weighted by atomic mass is 9.89. The van der Waals surface area contributed by atoms with Crippen LogP contribution in [0.2, 0.25) is 0 Å². The van der Waals surface area contributed by atoms with E-state index in [4.69, 9.17) is 0 Å². The van der Waals surface area contributed by atoms with Gasteiger partial charge < -0.3 is 10.0 Å². The molecule has 3 nitrogen and oxygen atoms in total. The van der Waals surface area contributed by atoms with Gasteiger partial charge in [0, 0.05) is 50.9 Å². The Labute approximate surface area is 143 Å². The number of nitrogens with zero attached hydrogens (tertiary/aromatic N) is 2. The zero-order valence-electron chi connectivity index (χ0n) is 14.3. The molecular formula is C19H28F2N2O. The van der Waals surface area contributed by atoms with Gasteiger partial charge in [-0.1, -0.05) is 25.3 Å². The molecule has 0 aromatic heterocycles. The Balaban J connectivity index is 1.44. The third-order valence-electron chi connectivity index (χ3n) is 5.46. The van der Waals surface area contributed by atoms with Crippen LogP contribution in [0.15, 0.2) is 18.2 Å². The first kappa shape index (κ1) is 17.8. The van der Waals surface area contributed by atoms with Crippen molar-refractivity contribution in [2.24, 2.45) is 5.92 Å². The van der Waals surface area contributed by atoms with Gasteiger partial charge in [0.1, 0.15) is 11.6 Å². The first-order valence-corrected chi connectivity index (χ1v) is 9.19. The number of piperazine rings is 1. The summed E-state index contributed by atoms with van der Waals surface area (Å²) in [5.41, 5.74) is 0.182. The van der Waals surface area contributed by atoms with Crippen molar-refractivity contribution in [2.45, 2.75) is 38.2 Å². The molecule has 3 rings (SSSR count). The maximum atomic E-state index is 13.8. The van der Waals surface area contributed by atoms with E-state index in [0.29, 0.717) is 6.54 Å². The molecular weight excluding hydrogens is 310 g/mol. The average molecular weight is 338 g/mol. The molecule has 2 fully saturated rings. The predicted octanol–water partition coefficient (Wildman–Crippen LogP) is 3.20. The zero-order valence-corrected chi connectivity index (χ0v) is 14.3. The predicted molar refractivity (Wildman–Crippen MR) is 90.8 cm³/mol. The standard InChI is InChI=1S/C19H28F2N2O/c20-16-6-7-17(18(21)12-16)19(24)14-23-10-8-22(9-11-23)13-15-4-2-1-3-5-15/h6-7,12,15,19,24H,1-5,8-11,13-14H2. The van der Waals surface area contributed by atoms with Crippen molar-refractivity contribution in [1.29, 1.82) is 0 Å². The van der Waals surface area contributed by atoms with E-state index in [2.05, 4.69) is 9.80 Å². The summed E-state index contributed by atoms with van der Waals surface area (Å²) in [6, 6.07) is 3.37. The average Bonchev–Trinajstić information content (AvgIpc) is 2.57. The smallest absolute Gasteiger partial charge is 0.131 e. The summed E-state index contributed by atoms with van der Waals surface area (Å²) >= 11 is 0. The lowest BCUT2D eigenvalue weighted by Crippen LogP contribution is -2.48. The van der Waals surface area contributed by atoms with Crippen molar-refractivity contribution in [3.63, 3.8) is 0 Å². The number of hydrogen-bond acceptors (Lipinski definition) is 3. The lowest BCUT2D eigenvalue weighted by Gasteiger charge is -2.38. The Morgan fingerprint density at radius 3 is 2.33 bits per heavy atom. The molecule has 0 bridgehead atoms.